The van der Waals surface area contributed by atoms with Gasteiger partial charge in [0, 0.05) is 5.56 Å². The lowest BCUT2D eigenvalue weighted by Crippen LogP contribution is -2.33. The van der Waals surface area contributed by atoms with Gasteiger partial charge in [0.15, 0.2) is 0 Å². The van der Waals surface area contributed by atoms with Gasteiger partial charge in [-0.05, 0) is 48.2 Å². The summed E-state index contributed by atoms with van der Waals surface area (Å²) < 4.78 is 33.8. The van der Waals surface area contributed by atoms with Gasteiger partial charge in [0.1, 0.15) is 5.75 Å². The molecule has 4 aromatic rings. The zero-order valence-corrected chi connectivity index (χ0v) is 18.0. The third-order valence-electron chi connectivity index (χ3n) is 5.16. The van der Waals surface area contributed by atoms with Gasteiger partial charge in [0.25, 0.3) is 15.6 Å². The number of aromatic amines is 1. The second-order valence-corrected chi connectivity index (χ2v) is 9.02. The highest BCUT2D eigenvalue weighted by Crippen LogP contribution is 2.33. The van der Waals surface area contributed by atoms with E-state index in [0.29, 0.717) is 17.0 Å². The first-order valence-electron chi connectivity index (χ1n) is 9.74. The van der Waals surface area contributed by atoms with Crippen LogP contribution in [0.4, 0.5) is 5.69 Å². The average Bonchev–Trinajstić information content (AvgIpc) is 2.79. The first-order chi connectivity index (χ1) is 14.9. The van der Waals surface area contributed by atoms with Crippen molar-refractivity contribution in [3.8, 4) is 5.75 Å². The van der Waals surface area contributed by atoms with Crippen molar-refractivity contribution in [2.75, 3.05) is 11.4 Å². The molecule has 7 heteroatoms. The number of ether oxygens (including phenoxy) is 1. The van der Waals surface area contributed by atoms with Crippen LogP contribution in [-0.2, 0) is 16.6 Å². The number of aryl methyl sites for hydroxylation is 1. The molecule has 0 aliphatic carbocycles. The van der Waals surface area contributed by atoms with Gasteiger partial charge in [-0.1, -0.05) is 48.5 Å². The van der Waals surface area contributed by atoms with Crippen LogP contribution in [0.1, 0.15) is 11.1 Å². The van der Waals surface area contributed by atoms with Crippen molar-refractivity contribution in [2.24, 2.45) is 0 Å². The van der Waals surface area contributed by atoms with Gasteiger partial charge in [0.05, 0.1) is 29.8 Å². The minimum Gasteiger partial charge on any atom is -0.495 e. The molecule has 0 saturated carbocycles. The van der Waals surface area contributed by atoms with Crippen LogP contribution in [0.15, 0.2) is 88.6 Å². The molecular formula is C24H22N2O4S. The topological polar surface area (TPSA) is 79.5 Å². The third-order valence-corrected chi connectivity index (χ3v) is 6.94. The van der Waals surface area contributed by atoms with Gasteiger partial charge in [-0.2, -0.15) is 0 Å². The third kappa shape index (κ3) is 3.92. The molecule has 0 spiro atoms. The van der Waals surface area contributed by atoms with Crippen molar-refractivity contribution in [3.05, 3.63) is 100 Å². The lowest BCUT2D eigenvalue weighted by atomic mass is 10.1. The maximum absolute atomic E-state index is 13.6. The lowest BCUT2D eigenvalue weighted by molar-refractivity contribution is 0.415. The first kappa shape index (κ1) is 20.7. The van der Waals surface area contributed by atoms with Crippen LogP contribution in [-0.4, -0.2) is 20.5 Å². The number of H-pyrrole nitrogens is 1. The summed E-state index contributed by atoms with van der Waals surface area (Å²) >= 11 is 0. The quantitative estimate of drug-likeness (QED) is 0.492. The smallest absolute Gasteiger partial charge is 0.264 e. The SMILES string of the molecule is COc1ccccc1N(Cc1cc2cccc(C)c2[nH]c1=O)S(=O)(=O)c1ccccc1. The summed E-state index contributed by atoms with van der Waals surface area (Å²) in [5, 5.41) is 0.840. The van der Waals surface area contributed by atoms with E-state index in [1.165, 1.54) is 23.5 Å². The Kier molecular flexibility index (Phi) is 5.52. The zero-order valence-electron chi connectivity index (χ0n) is 17.2. The van der Waals surface area contributed by atoms with E-state index in [4.69, 9.17) is 4.74 Å². The molecule has 0 bridgehead atoms. The van der Waals surface area contributed by atoms with Gasteiger partial charge in [-0.15, -0.1) is 0 Å². The van der Waals surface area contributed by atoms with Crippen LogP contribution in [0.3, 0.4) is 0 Å². The molecule has 0 radical (unpaired) electrons. The predicted octanol–water partition coefficient (Wildman–Crippen LogP) is 4.24. The molecule has 31 heavy (non-hydrogen) atoms. The highest BCUT2D eigenvalue weighted by Gasteiger charge is 2.28. The molecule has 0 aliphatic heterocycles. The van der Waals surface area contributed by atoms with Crippen LogP contribution < -0.4 is 14.6 Å². The van der Waals surface area contributed by atoms with Gasteiger partial charge in [-0.25, -0.2) is 8.42 Å². The highest BCUT2D eigenvalue weighted by atomic mass is 32.2. The number of anilines is 1. The zero-order chi connectivity index (χ0) is 22.0. The molecule has 0 fully saturated rings. The summed E-state index contributed by atoms with van der Waals surface area (Å²) in [5.74, 6) is 0.398. The monoisotopic (exact) mass is 434 g/mol. The Bertz CT molecular complexity index is 1400. The number of pyridine rings is 1. The minimum absolute atomic E-state index is 0.133. The standard InChI is InChI=1S/C24H22N2O4S/c1-17-9-8-10-18-15-19(24(27)25-23(17)18)16-26(21-13-6-7-14-22(21)30-2)31(28,29)20-11-4-3-5-12-20/h3-15H,16H2,1-2H3,(H,25,27). The first-order valence-corrected chi connectivity index (χ1v) is 11.2. The van der Waals surface area contributed by atoms with E-state index in [1.807, 2.05) is 25.1 Å². The van der Waals surface area contributed by atoms with Crippen LogP contribution in [0.25, 0.3) is 10.9 Å². The molecule has 3 aromatic carbocycles. The number of para-hydroxylation sites is 3. The Morgan fingerprint density at radius 1 is 0.935 bits per heavy atom. The second kappa shape index (κ2) is 8.28. The van der Waals surface area contributed by atoms with Crippen molar-refractivity contribution >= 4 is 26.6 Å². The van der Waals surface area contributed by atoms with Crippen molar-refractivity contribution < 1.29 is 13.2 Å². The van der Waals surface area contributed by atoms with E-state index in [0.717, 1.165) is 16.5 Å². The number of aromatic nitrogens is 1. The van der Waals surface area contributed by atoms with Crippen molar-refractivity contribution in [3.63, 3.8) is 0 Å². The summed E-state index contributed by atoms with van der Waals surface area (Å²) in [4.78, 5) is 15.9. The number of sulfonamides is 1. The number of benzene rings is 3. The van der Waals surface area contributed by atoms with E-state index in [2.05, 4.69) is 4.98 Å². The van der Waals surface area contributed by atoms with Crippen molar-refractivity contribution in [1.29, 1.82) is 0 Å². The maximum atomic E-state index is 13.6. The summed E-state index contributed by atoms with van der Waals surface area (Å²) in [6.45, 7) is 1.77. The van der Waals surface area contributed by atoms with E-state index in [-0.39, 0.29) is 17.0 Å². The molecule has 4 rings (SSSR count). The Balaban J connectivity index is 1.89. The Labute approximate surface area is 180 Å². The van der Waals surface area contributed by atoms with Gasteiger partial charge < -0.3 is 9.72 Å². The van der Waals surface area contributed by atoms with Crippen LogP contribution >= 0.6 is 0 Å². The number of rotatable bonds is 6. The fourth-order valence-corrected chi connectivity index (χ4v) is 5.03. The highest BCUT2D eigenvalue weighted by molar-refractivity contribution is 7.92. The van der Waals surface area contributed by atoms with Gasteiger partial charge in [0.2, 0.25) is 0 Å². The van der Waals surface area contributed by atoms with Crippen molar-refractivity contribution in [1.82, 2.24) is 4.98 Å². The number of hydrogen-bond donors (Lipinski definition) is 1. The van der Waals surface area contributed by atoms with E-state index in [9.17, 15) is 13.2 Å². The molecule has 1 aromatic heterocycles. The number of methoxy groups -OCH3 is 1. The number of fused-ring (bicyclic) bond motifs is 1. The second-order valence-electron chi connectivity index (χ2n) is 7.16. The molecular weight excluding hydrogens is 412 g/mol. The summed E-state index contributed by atoms with van der Waals surface area (Å²) in [5.41, 5.74) is 2.05. The normalized spacial score (nSPS) is 11.4. The predicted molar refractivity (Wildman–Crippen MR) is 122 cm³/mol. The molecule has 158 valence electrons. The summed E-state index contributed by atoms with van der Waals surface area (Å²) in [7, 11) is -2.48. The van der Waals surface area contributed by atoms with E-state index < -0.39 is 10.0 Å². The fraction of sp³-hybridized carbons (Fsp3) is 0.125. The molecule has 1 heterocycles. The molecule has 0 aliphatic rings. The number of hydrogen-bond acceptors (Lipinski definition) is 4. The van der Waals surface area contributed by atoms with Gasteiger partial charge >= 0.3 is 0 Å². The van der Waals surface area contributed by atoms with Crippen LogP contribution in [0.2, 0.25) is 0 Å². The molecule has 6 nitrogen and oxygen atoms in total. The Hall–Kier alpha value is -3.58. The summed E-state index contributed by atoms with van der Waals surface area (Å²) in [6.07, 6.45) is 0. The minimum atomic E-state index is -3.96. The fourth-order valence-electron chi connectivity index (χ4n) is 3.56. The molecule has 0 saturated heterocycles. The number of nitrogens with zero attached hydrogens (tertiary/aromatic N) is 1. The van der Waals surface area contributed by atoms with E-state index in [1.54, 1.807) is 48.5 Å². The molecule has 0 atom stereocenters. The van der Waals surface area contributed by atoms with Crippen molar-refractivity contribution in [2.45, 2.75) is 18.4 Å². The molecule has 0 amide bonds. The van der Waals surface area contributed by atoms with Gasteiger partial charge in [-0.3, -0.25) is 9.10 Å². The largest absolute Gasteiger partial charge is 0.495 e. The Morgan fingerprint density at radius 3 is 2.39 bits per heavy atom. The van der Waals surface area contributed by atoms with E-state index >= 15 is 0 Å². The summed E-state index contributed by atoms with van der Waals surface area (Å²) in [6, 6.07) is 22.5. The molecule has 0 unspecified atom stereocenters. The number of nitrogens with one attached hydrogen (secondary N) is 1. The molecule has 1 N–H and O–H groups in total. The Morgan fingerprint density at radius 2 is 1.65 bits per heavy atom. The lowest BCUT2D eigenvalue weighted by Gasteiger charge is -2.26. The maximum Gasteiger partial charge on any atom is 0.264 e. The van der Waals surface area contributed by atoms with Crippen LogP contribution in [0.5, 0.6) is 5.75 Å². The van der Waals surface area contributed by atoms with Crippen LogP contribution in [0, 0.1) is 6.92 Å². The average molecular weight is 435 g/mol.